The zero-order valence-electron chi connectivity index (χ0n) is 19.7. The minimum Gasteiger partial charge on any atom is -0.444 e. The Labute approximate surface area is 180 Å². The van der Waals surface area contributed by atoms with Gasteiger partial charge >= 0.3 is 12.2 Å². The third-order valence-electron chi connectivity index (χ3n) is 4.90. The fourth-order valence-electron chi connectivity index (χ4n) is 3.38. The first kappa shape index (κ1) is 24.0. The van der Waals surface area contributed by atoms with Crippen LogP contribution in [0.25, 0.3) is 0 Å². The molecule has 0 unspecified atom stereocenters. The molecule has 0 spiro atoms. The van der Waals surface area contributed by atoms with Gasteiger partial charge < -0.3 is 14.4 Å². The summed E-state index contributed by atoms with van der Waals surface area (Å²) >= 11 is 0. The molecular formula is C23H37N3O4. The highest BCUT2D eigenvalue weighted by Gasteiger charge is 2.34. The summed E-state index contributed by atoms with van der Waals surface area (Å²) in [6.45, 7) is 15.8. The predicted molar refractivity (Wildman–Crippen MR) is 118 cm³/mol. The third kappa shape index (κ3) is 6.34. The molecule has 1 aromatic heterocycles. The number of anilines is 1. The molecule has 7 nitrogen and oxygen atoms in total. The highest BCUT2D eigenvalue weighted by atomic mass is 16.6. The van der Waals surface area contributed by atoms with Gasteiger partial charge in [-0.25, -0.2) is 14.6 Å². The topological polar surface area (TPSA) is 72.0 Å². The van der Waals surface area contributed by atoms with Crippen LogP contribution in [0.4, 0.5) is 15.4 Å². The standard InChI is InChI=1S/C23H37N3O4/c1-9-16(2)26(21(28)30-23(6,7)8)19-13-12-17(15-24-19)18-11-10-14-25(18)20(27)29-22(3,4)5/h12-13,15-16,18H,9-11,14H2,1-8H3/t16-,18-/m0/s1. The highest BCUT2D eigenvalue weighted by molar-refractivity contribution is 5.87. The number of ether oxygens (including phenoxy) is 2. The molecule has 168 valence electrons. The van der Waals surface area contributed by atoms with Crippen molar-refractivity contribution in [2.75, 3.05) is 11.4 Å². The molecule has 0 aromatic carbocycles. The van der Waals surface area contributed by atoms with Crippen molar-refractivity contribution >= 4 is 18.0 Å². The van der Waals surface area contributed by atoms with E-state index in [-0.39, 0.29) is 18.2 Å². The van der Waals surface area contributed by atoms with Crippen molar-refractivity contribution in [3.8, 4) is 0 Å². The van der Waals surface area contributed by atoms with E-state index in [1.807, 2.05) is 67.5 Å². The van der Waals surface area contributed by atoms with Crippen LogP contribution in [0.1, 0.15) is 86.3 Å². The number of nitrogens with zero attached hydrogens (tertiary/aromatic N) is 3. The largest absolute Gasteiger partial charge is 0.444 e. The molecule has 0 N–H and O–H groups in total. The first-order chi connectivity index (χ1) is 13.8. The van der Waals surface area contributed by atoms with E-state index in [1.165, 1.54) is 0 Å². The molecule has 2 heterocycles. The Balaban J connectivity index is 2.22. The van der Waals surface area contributed by atoms with Crippen molar-refractivity contribution in [3.05, 3.63) is 23.9 Å². The number of rotatable bonds is 4. The molecule has 0 radical (unpaired) electrons. The Morgan fingerprint density at radius 1 is 1.17 bits per heavy atom. The minimum atomic E-state index is -0.583. The van der Waals surface area contributed by atoms with E-state index in [4.69, 9.17) is 9.47 Å². The predicted octanol–water partition coefficient (Wildman–Crippen LogP) is 5.69. The Hall–Kier alpha value is -2.31. The van der Waals surface area contributed by atoms with Gasteiger partial charge in [-0.1, -0.05) is 13.0 Å². The van der Waals surface area contributed by atoms with Gasteiger partial charge in [0.1, 0.15) is 17.0 Å². The number of hydrogen-bond acceptors (Lipinski definition) is 5. The fourth-order valence-corrected chi connectivity index (χ4v) is 3.38. The summed E-state index contributed by atoms with van der Waals surface area (Å²) in [6, 6.07) is 3.65. The number of pyridine rings is 1. The Bertz CT molecular complexity index is 734. The average molecular weight is 420 g/mol. The summed E-state index contributed by atoms with van der Waals surface area (Å²) in [4.78, 5) is 33.3. The first-order valence-corrected chi connectivity index (χ1v) is 10.8. The SMILES string of the molecule is CC[C@H](C)N(C(=O)OC(C)(C)C)c1ccc([C@@H]2CCCN2C(=O)OC(C)(C)C)cn1. The monoisotopic (exact) mass is 419 g/mol. The zero-order chi connectivity index (χ0) is 22.7. The van der Waals surface area contributed by atoms with Gasteiger partial charge in [0.05, 0.1) is 6.04 Å². The van der Waals surface area contributed by atoms with Crippen LogP contribution in [0.5, 0.6) is 0 Å². The molecule has 1 fully saturated rings. The van der Waals surface area contributed by atoms with Gasteiger partial charge in [0.2, 0.25) is 0 Å². The molecule has 30 heavy (non-hydrogen) atoms. The van der Waals surface area contributed by atoms with Crippen LogP contribution in [-0.2, 0) is 9.47 Å². The average Bonchev–Trinajstić information content (AvgIpc) is 3.09. The van der Waals surface area contributed by atoms with Crippen LogP contribution in [0.3, 0.4) is 0 Å². The molecule has 2 atom stereocenters. The van der Waals surface area contributed by atoms with Crippen LogP contribution >= 0.6 is 0 Å². The molecule has 7 heteroatoms. The van der Waals surface area contributed by atoms with Gasteiger partial charge in [-0.3, -0.25) is 4.90 Å². The lowest BCUT2D eigenvalue weighted by atomic mass is 10.1. The van der Waals surface area contributed by atoms with Gasteiger partial charge in [0.15, 0.2) is 0 Å². The molecule has 0 saturated carbocycles. The van der Waals surface area contributed by atoms with E-state index in [0.717, 1.165) is 24.8 Å². The summed E-state index contributed by atoms with van der Waals surface area (Å²) in [6.07, 6.45) is 3.60. The summed E-state index contributed by atoms with van der Waals surface area (Å²) in [7, 11) is 0. The molecule has 2 amide bonds. The number of hydrogen-bond donors (Lipinski definition) is 0. The van der Waals surface area contributed by atoms with Crippen molar-refractivity contribution in [1.82, 2.24) is 9.88 Å². The maximum absolute atomic E-state index is 12.8. The highest BCUT2D eigenvalue weighted by Crippen LogP contribution is 2.33. The first-order valence-electron chi connectivity index (χ1n) is 10.8. The lowest BCUT2D eigenvalue weighted by Crippen LogP contribution is -2.42. The van der Waals surface area contributed by atoms with E-state index in [0.29, 0.717) is 12.4 Å². The molecule has 2 rings (SSSR count). The smallest absolute Gasteiger partial charge is 0.416 e. The van der Waals surface area contributed by atoms with Crippen LogP contribution in [0, 0.1) is 0 Å². The molecular weight excluding hydrogens is 382 g/mol. The van der Waals surface area contributed by atoms with Gasteiger partial charge in [-0.15, -0.1) is 0 Å². The van der Waals surface area contributed by atoms with Gasteiger partial charge in [-0.2, -0.15) is 0 Å². The Kier molecular flexibility index (Phi) is 7.37. The second-order valence-electron chi connectivity index (χ2n) is 9.89. The summed E-state index contributed by atoms with van der Waals surface area (Å²) in [5, 5.41) is 0. The Morgan fingerprint density at radius 2 is 1.80 bits per heavy atom. The molecule has 1 aliphatic heterocycles. The number of aromatic nitrogens is 1. The second-order valence-corrected chi connectivity index (χ2v) is 9.89. The fraction of sp³-hybridized carbons (Fsp3) is 0.696. The maximum atomic E-state index is 12.8. The van der Waals surface area contributed by atoms with Crippen LogP contribution in [0.2, 0.25) is 0 Å². The van der Waals surface area contributed by atoms with Gasteiger partial charge in [0, 0.05) is 18.8 Å². The van der Waals surface area contributed by atoms with Crippen LogP contribution in [-0.4, -0.2) is 45.9 Å². The molecule has 0 bridgehead atoms. The summed E-state index contributed by atoms with van der Waals surface area (Å²) < 4.78 is 11.1. The van der Waals surface area contributed by atoms with Gasteiger partial charge in [0.25, 0.3) is 0 Å². The van der Waals surface area contributed by atoms with Crippen molar-refractivity contribution in [1.29, 1.82) is 0 Å². The summed E-state index contributed by atoms with van der Waals surface area (Å²) in [5.74, 6) is 0.546. The normalized spacial score (nSPS) is 18.1. The van der Waals surface area contributed by atoms with E-state index < -0.39 is 17.3 Å². The maximum Gasteiger partial charge on any atom is 0.416 e. The zero-order valence-corrected chi connectivity index (χ0v) is 19.7. The van der Waals surface area contributed by atoms with Crippen molar-refractivity contribution < 1.29 is 19.1 Å². The lowest BCUT2D eigenvalue weighted by molar-refractivity contribution is 0.0224. The quantitative estimate of drug-likeness (QED) is 0.626. The van der Waals surface area contributed by atoms with E-state index in [2.05, 4.69) is 4.98 Å². The van der Waals surface area contributed by atoms with Crippen LogP contribution in [0.15, 0.2) is 18.3 Å². The van der Waals surface area contributed by atoms with E-state index in [1.54, 1.807) is 16.0 Å². The molecule has 1 aliphatic rings. The number of likely N-dealkylation sites (tertiary alicyclic amines) is 1. The van der Waals surface area contributed by atoms with Crippen molar-refractivity contribution in [2.24, 2.45) is 0 Å². The summed E-state index contributed by atoms with van der Waals surface area (Å²) in [5.41, 5.74) is -0.174. The van der Waals surface area contributed by atoms with E-state index in [9.17, 15) is 9.59 Å². The van der Waals surface area contributed by atoms with Gasteiger partial charge in [-0.05, 0) is 79.4 Å². The number of carbonyl (C=O) groups excluding carboxylic acids is 2. The number of carbonyl (C=O) groups is 2. The van der Waals surface area contributed by atoms with E-state index >= 15 is 0 Å². The van der Waals surface area contributed by atoms with Crippen molar-refractivity contribution in [3.63, 3.8) is 0 Å². The van der Waals surface area contributed by atoms with Crippen molar-refractivity contribution in [2.45, 2.75) is 97.9 Å². The molecule has 1 aromatic rings. The van der Waals surface area contributed by atoms with Crippen LogP contribution < -0.4 is 4.90 Å². The molecule has 0 aliphatic carbocycles. The second kappa shape index (κ2) is 9.23. The Morgan fingerprint density at radius 3 is 2.30 bits per heavy atom. The molecule has 1 saturated heterocycles. The number of amides is 2. The third-order valence-corrected chi connectivity index (χ3v) is 4.90. The minimum absolute atomic E-state index is 0.0528. The lowest BCUT2D eigenvalue weighted by Gasteiger charge is -2.31.